The maximum atomic E-state index is 11.1. The predicted molar refractivity (Wildman–Crippen MR) is 259 cm³/mol. The summed E-state index contributed by atoms with van der Waals surface area (Å²) < 4.78 is 56.7. The van der Waals surface area contributed by atoms with E-state index in [2.05, 4.69) is 32.6 Å². The van der Waals surface area contributed by atoms with Gasteiger partial charge in [0.25, 0.3) is 0 Å². The maximum Gasteiger partial charge on any atom is 0.500 e. The molecule has 17 heteroatoms. The van der Waals surface area contributed by atoms with Gasteiger partial charge in [-0.05, 0) is 69.2 Å². The molecule has 0 saturated heterocycles. The Labute approximate surface area is 393 Å². The van der Waals surface area contributed by atoms with Crippen LogP contribution < -0.4 is 0 Å². The standard InChI is InChI=1S/C47H101NO14Si2/c1-11-15-23-41(13-3)35-61-38-45(50)32-43(31-44(49)37-59-27-21-29-63(53-5,54-6)55-7)25-19-17-18-20-26-48(34-47(52)40-62-36-42(14-4)24-16-12-2)33-46(51)39-60-28-22-30-64(56-8,57-9)58-10/h41-47,49-52H,11-40H2,1-10H3. The summed E-state index contributed by atoms with van der Waals surface area (Å²) in [5.74, 6) is 1.12. The summed E-state index contributed by atoms with van der Waals surface area (Å²) in [5, 5.41) is 44.1. The average Bonchev–Trinajstić information content (AvgIpc) is 3.29. The number of aliphatic hydroxyl groups is 4. The third-order valence-corrected chi connectivity index (χ3v) is 18.1. The Balaban J connectivity index is 5.32. The molecule has 0 bridgehead atoms. The number of hydrogen-bond donors (Lipinski definition) is 4. The largest absolute Gasteiger partial charge is 0.500 e. The van der Waals surface area contributed by atoms with Crippen LogP contribution in [0.3, 0.4) is 0 Å². The number of aliphatic hydroxyl groups excluding tert-OH is 4. The average molecular weight is 960 g/mol. The fraction of sp³-hybridized carbons (Fsp3) is 1.00. The van der Waals surface area contributed by atoms with Crippen molar-refractivity contribution >= 4 is 17.6 Å². The highest BCUT2D eigenvalue weighted by molar-refractivity contribution is 6.60. The Morgan fingerprint density at radius 2 is 0.781 bits per heavy atom. The molecule has 0 spiro atoms. The number of hydrogen-bond acceptors (Lipinski definition) is 15. The van der Waals surface area contributed by atoms with Gasteiger partial charge in [0, 0.05) is 94.3 Å². The minimum Gasteiger partial charge on any atom is -0.391 e. The van der Waals surface area contributed by atoms with Crippen LogP contribution in [0.4, 0.5) is 0 Å². The smallest absolute Gasteiger partial charge is 0.391 e. The first-order chi connectivity index (χ1) is 30.9. The zero-order valence-corrected chi connectivity index (χ0v) is 44.6. The Kier molecular flexibility index (Phi) is 41.7. The number of ether oxygens (including phenoxy) is 4. The number of nitrogens with zero attached hydrogens (tertiary/aromatic N) is 1. The van der Waals surface area contributed by atoms with Gasteiger partial charge in [-0.1, -0.05) is 91.9 Å². The van der Waals surface area contributed by atoms with E-state index in [4.69, 9.17) is 45.5 Å². The van der Waals surface area contributed by atoms with Crippen molar-refractivity contribution < 1.29 is 65.9 Å². The quantitative estimate of drug-likeness (QED) is 0.0358. The molecule has 386 valence electrons. The molecule has 4 N–H and O–H groups in total. The highest BCUT2D eigenvalue weighted by Crippen LogP contribution is 2.24. The van der Waals surface area contributed by atoms with Crippen molar-refractivity contribution in [3.8, 4) is 0 Å². The van der Waals surface area contributed by atoms with Crippen LogP contribution in [0.5, 0.6) is 0 Å². The van der Waals surface area contributed by atoms with Gasteiger partial charge in [-0.2, -0.15) is 0 Å². The van der Waals surface area contributed by atoms with E-state index >= 15 is 0 Å². The molecule has 0 rings (SSSR count). The zero-order valence-electron chi connectivity index (χ0n) is 42.6. The Bertz CT molecular complexity index is 913. The minimum atomic E-state index is -2.67. The van der Waals surface area contributed by atoms with Crippen molar-refractivity contribution in [1.82, 2.24) is 4.90 Å². The maximum absolute atomic E-state index is 11.1. The molecule has 0 aliphatic rings. The number of unbranched alkanes of at least 4 members (excludes halogenated alkanes) is 5. The molecule has 0 heterocycles. The van der Waals surface area contributed by atoms with E-state index in [-0.39, 0.29) is 25.7 Å². The van der Waals surface area contributed by atoms with Crippen molar-refractivity contribution in [2.24, 2.45) is 17.8 Å². The summed E-state index contributed by atoms with van der Waals surface area (Å²) in [6.45, 7) is 13.5. The van der Waals surface area contributed by atoms with Crippen LogP contribution in [0.2, 0.25) is 12.1 Å². The lowest BCUT2D eigenvalue weighted by Gasteiger charge is -2.28. The second-order valence-electron chi connectivity index (χ2n) is 17.8. The molecule has 0 aromatic heterocycles. The van der Waals surface area contributed by atoms with Gasteiger partial charge < -0.3 is 65.9 Å². The fourth-order valence-corrected chi connectivity index (χ4v) is 11.6. The Morgan fingerprint density at radius 1 is 0.406 bits per heavy atom. The second kappa shape index (κ2) is 41.8. The molecule has 0 saturated carbocycles. The van der Waals surface area contributed by atoms with Gasteiger partial charge in [0.15, 0.2) is 0 Å². The lowest BCUT2D eigenvalue weighted by Crippen LogP contribution is -2.43. The van der Waals surface area contributed by atoms with Crippen LogP contribution in [0.25, 0.3) is 0 Å². The van der Waals surface area contributed by atoms with Gasteiger partial charge in [-0.15, -0.1) is 0 Å². The van der Waals surface area contributed by atoms with Crippen LogP contribution in [-0.2, 0) is 45.5 Å². The van der Waals surface area contributed by atoms with E-state index < -0.39 is 42.0 Å². The van der Waals surface area contributed by atoms with Gasteiger partial charge in [0.2, 0.25) is 0 Å². The SMILES string of the molecule is CCCCC(CC)COCC(O)CC(CCCCCCN(CC(O)COCCC[Si](OC)(OC)OC)CC(O)COCC(CC)CCCC)CC(O)COCCC[Si](OC)(OC)OC. The molecule has 15 nitrogen and oxygen atoms in total. The van der Waals surface area contributed by atoms with Crippen molar-refractivity contribution in [3.05, 3.63) is 0 Å². The third kappa shape index (κ3) is 31.8. The van der Waals surface area contributed by atoms with E-state index in [9.17, 15) is 20.4 Å². The normalized spacial score (nSPS) is 16.0. The molecular formula is C47H101NO14Si2. The van der Waals surface area contributed by atoms with E-state index in [1.54, 1.807) is 42.7 Å². The van der Waals surface area contributed by atoms with Gasteiger partial charge in [0.05, 0.1) is 50.8 Å². The van der Waals surface area contributed by atoms with Crippen molar-refractivity contribution in [2.75, 3.05) is 115 Å². The molecular weight excluding hydrogens is 859 g/mol. The van der Waals surface area contributed by atoms with Gasteiger partial charge in [-0.25, -0.2) is 0 Å². The molecule has 0 aliphatic carbocycles. The summed E-state index contributed by atoms with van der Waals surface area (Å²) in [6, 6.07) is 1.25. The molecule has 0 amide bonds. The highest BCUT2D eigenvalue weighted by Gasteiger charge is 2.37. The molecule has 0 aliphatic heterocycles. The Morgan fingerprint density at radius 3 is 1.19 bits per heavy atom. The van der Waals surface area contributed by atoms with E-state index in [1.807, 2.05) is 0 Å². The fourth-order valence-electron chi connectivity index (χ4n) is 8.19. The van der Waals surface area contributed by atoms with Crippen LogP contribution in [0.1, 0.15) is 137 Å². The first-order valence-electron chi connectivity index (χ1n) is 24.9. The minimum absolute atomic E-state index is 0.114. The van der Waals surface area contributed by atoms with Gasteiger partial charge in [-0.3, -0.25) is 4.90 Å². The lowest BCUT2D eigenvalue weighted by atomic mass is 9.90. The van der Waals surface area contributed by atoms with Crippen LogP contribution in [0, 0.1) is 17.8 Å². The van der Waals surface area contributed by atoms with Gasteiger partial charge >= 0.3 is 17.6 Å². The second-order valence-corrected chi connectivity index (χ2v) is 24.0. The van der Waals surface area contributed by atoms with Crippen LogP contribution >= 0.6 is 0 Å². The van der Waals surface area contributed by atoms with E-state index in [1.165, 1.54) is 19.3 Å². The van der Waals surface area contributed by atoms with Crippen molar-refractivity contribution in [3.63, 3.8) is 0 Å². The molecule has 0 aromatic carbocycles. The Hall–Kier alpha value is -0.166. The highest BCUT2D eigenvalue weighted by atomic mass is 28.4. The third-order valence-electron chi connectivity index (χ3n) is 12.4. The molecule has 0 radical (unpaired) electrons. The summed E-state index contributed by atoms with van der Waals surface area (Å²) in [6.07, 6.45) is 13.7. The topological polar surface area (TPSA) is 176 Å². The van der Waals surface area contributed by atoms with E-state index in [0.717, 1.165) is 70.8 Å². The molecule has 64 heavy (non-hydrogen) atoms. The first kappa shape index (κ1) is 63.8. The van der Waals surface area contributed by atoms with Crippen LogP contribution in [-0.4, -0.2) is 182 Å². The lowest BCUT2D eigenvalue weighted by molar-refractivity contribution is -0.0166. The van der Waals surface area contributed by atoms with Crippen molar-refractivity contribution in [2.45, 2.75) is 173 Å². The predicted octanol–water partition coefficient (Wildman–Crippen LogP) is 7.11. The summed E-state index contributed by atoms with van der Waals surface area (Å²) >= 11 is 0. The summed E-state index contributed by atoms with van der Waals surface area (Å²) in [4.78, 5) is 2.12. The molecule has 7 atom stereocenters. The molecule has 0 fully saturated rings. The zero-order chi connectivity index (χ0) is 47.9. The summed E-state index contributed by atoms with van der Waals surface area (Å²) in [7, 11) is 4.24. The van der Waals surface area contributed by atoms with Crippen molar-refractivity contribution in [1.29, 1.82) is 0 Å². The summed E-state index contributed by atoms with van der Waals surface area (Å²) in [5.41, 5.74) is 0. The van der Waals surface area contributed by atoms with Gasteiger partial charge in [0.1, 0.15) is 0 Å². The first-order valence-corrected chi connectivity index (χ1v) is 28.8. The van der Waals surface area contributed by atoms with Crippen LogP contribution in [0.15, 0.2) is 0 Å². The van der Waals surface area contributed by atoms with E-state index in [0.29, 0.717) is 95.7 Å². The molecule has 7 unspecified atom stereocenters. The monoisotopic (exact) mass is 960 g/mol. The molecule has 0 aromatic rings. The number of rotatable bonds is 49.